The van der Waals surface area contributed by atoms with Crippen LogP contribution in [0.15, 0.2) is 0 Å². The third kappa shape index (κ3) is 46.7. The zero-order valence-corrected chi connectivity index (χ0v) is 20.1. The van der Waals surface area contributed by atoms with Gasteiger partial charge in [-0.05, 0) is 19.3 Å². The molecule has 0 aliphatic rings. The summed E-state index contributed by atoms with van der Waals surface area (Å²) in [6, 6.07) is 0. The van der Waals surface area contributed by atoms with Crippen LogP contribution in [0.3, 0.4) is 0 Å². The Kier molecular flexibility index (Phi) is 33.2. The van der Waals surface area contributed by atoms with Gasteiger partial charge in [0.2, 0.25) is 0 Å². The van der Waals surface area contributed by atoms with Crippen molar-refractivity contribution in [3.63, 3.8) is 0 Å². The minimum atomic E-state index is -1.96. The molecular formula is C15H28Cl2O11Zn-2. The van der Waals surface area contributed by atoms with Crippen LogP contribution >= 0.6 is 19.4 Å². The molecule has 0 aliphatic heterocycles. The average molecular weight is 521 g/mol. The molecule has 172 valence electrons. The van der Waals surface area contributed by atoms with Gasteiger partial charge in [0.15, 0.2) is 6.10 Å². The number of aliphatic hydroxyl groups is 3. The molecule has 0 heterocycles. The first-order valence-corrected chi connectivity index (χ1v) is 15.4. The van der Waals surface area contributed by atoms with Crippen molar-refractivity contribution in [1.29, 1.82) is 0 Å². The van der Waals surface area contributed by atoms with Crippen LogP contribution in [0.25, 0.3) is 0 Å². The van der Waals surface area contributed by atoms with Crippen molar-refractivity contribution >= 4 is 43.3 Å². The quantitative estimate of drug-likeness (QED) is 0.234. The molecule has 5 N–H and O–H groups in total. The Labute approximate surface area is 184 Å². The van der Waals surface area contributed by atoms with Gasteiger partial charge in [0, 0.05) is 12.4 Å². The van der Waals surface area contributed by atoms with E-state index in [1.807, 2.05) is 6.92 Å². The number of carboxylic acid groups (broad SMARTS) is 4. The second kappa shape index (κ2) is 25.0. The maximum absolute atomic E-state index is 9.72. The van der Waals surface area contributed by atoms with Crippen molar-refractivity contribution in [3.8, 4) is 0 Å². The summed E-state index contributed by atoms with van der Waals surface area (Å²) in [6.45, 7) is 6.03. The molecular weight excluding hydrogens is 492 g/mol. The molecule has 3 unspecified atom stereocenters. The summed E-state index contributed by atoms with van der Waals surface area (Å²) >= 11 is -0.931. The summed E-state index contributed by atoms with van der Waals surface area (Å²) in [5, 5.41) is 60.2. The van der Waals surface area contributed by atoms with Crippen molar-refractivity contribution in [3.05, 3.63) is 0 Å². The number of aliphatic hydroxyl groups excluding tert-OH is 3. The predicted molar refractivity (Wildman–Crippen MR) is 96.1 cm³/mol. The Hall–Kier alpha value is -1.04. The van der Waals surface area contributed by atoms with Crippen molar-refractivity contribution in [2.45, 2.75) is 65.8 Å². The molecule has 0 saturated carbocycles. The Morgan fingerprint density at radius 1 is 0.897 bits per heavy atom. The Bertz CT molecular complexity index is 410. The molecule has 0 aromatic carbocycles. The number of halogens is 2. The Morgan fingerprint density at radius 3 is 1.34 bits per heavy atom. The standard InChI is InChI=1S/C6H14O.2C4H6O5.CH4.2ClH.Zn/c1-5(2)4-6(3)7;2*5-2(4(8)9)1-3(6)7;;;;/h5-7H,4H2,1-3H3;2*2,5H,1H2,(H,6,7)(H,8,9);1H4;2*1H;/q;;;;;;+2/p-4. The van der Waals surface area contributed by atoms with Gasteiger partial charge in [-0.2, -0.15) is 0 Å². The van der Waals surface area contributed by atoms with Gasteiger partial charge < -0.3 is 45.3 Å². The Morgan fingerprint density at radius 2 is 1.28 bits per heavy atom. The molecule has 0 fully saturated rings. The van der Waals surface area contributed by atoms with Crippen LogP contribution in [-0.2, 0) is 34.3 Å². The summed E-state index contributed by atoms with van der Waals surface area (Å²) in [7, 11) is 9.90. The Balaban J connectivity index is -0.0000000920. The van der Waals surface area contributed by atoms with E-state index in [9.17, 15) is 29.4 Å². The van der Waals surface area contributed by atoms with Crippen molar-refractivity contribution in [2.24, 2.45) is 5.92 Å². The van der Waals surface area contributed by atoms with Gasteiger partial charge >= 0.3 is 46.5 Å². The molecule has 0 radical (unpaired) electrons. The topological polar surface area (TPSA) is 216 Å². The van der Waals surface area contributed by atoms with Gasteiger partial charge in [0.1, 0.15) is 0 Å². The van der Waals surface area contributed by atoms with E-state index in [0.717, 1.165) is 6.42 Å². The van der Waals surface area contributed by atoms with Gasteiger partial charge in [-0.25, -0.2) is 4.79 Å². The first kappa shape index (κ1) is 38.6. The molecule has 0 spiro atoms. The van der Waals surface area contributed by atoms with Crippen LogP contribution in [0, 0.1) is 5.92 Å². The molecule has 14 heteroatoms. The van der Waals surface area contributed by atoms with Gasteiger partial charge in [-0.3, -0.25) is 4.79 Å². The summed E-state index contributed by atoms with van der Waals surface area (Å²) in [6.07, 6.45) is -4.64. The number of hydrogen-bond donors (Lipinski definition) is 5. The molecule has 0 rings (SSSR count). The van der Waals surface area contributed by atoms with Gasteiger partial charge in [-0.1, -0.05) is 21.3 Å². The second-order valence-electron chi connectivity index (χ2n) is 5.44. The summed E-state index contributed by atoms with van der Waals surface area (Å²) in [4.78, 5) is 38.5. The van der Waals surface area contributed by atoms with Crippen LogP contribution in [0.1, 0.15) is 47.5 Å². The van der Waals surface area contributed by atoms with E-state index >= 15 is 0 Å². The van der Waals surface area contributed by atoms with E-state index in [4.69, 9.17) is 44.9 Å². The first-order chi connectivity index (χ1) is 12.6. The fourth-order valence-corrected chi connectivity index (χ4v) is 1.18. The third-order valence-electron chi connectivity index (χ3n) is 2.10. The third-order valence-corrected chi connectivity index (χ3v) is 2.10. The van der Waals surface area contributed by atoms with Crippen LogP contribution in [0.4, 0.5) is 0 Å². The SMILES string of the molecule is C.CC(C)CC(C)O.O=C(O)CC(O)C(=O)O.O=C([O-])CC(O)C(=O)[O-].[Cl][Zn][Cl]. The number of carbonyl (C=O) groups is 4. The molecule has 3 atom stereocenters. The maximum atomic E-state index is 9.72. The molecule has 11 nitrogen and oxygen atoms in total. The molecule has 0 amide bonds. The summed E-state index contributed by atoms with van der Waals surface area (Å²) in [5.41, 5.74) is 0. The molecule has 0 aliphatic carbocycles. The number of carbonyl (C=O) groups excluding carboxylic acids is 2. The number of aliphatic carboxylic acids is 4. The van der Waals surface area contributed by atoms with Gasteiger partial charge in [0.25, 0.3) is 0 Å². The normalized spacial score (nSPS) is 11.8. The summed E-state index contributed by atoms with van der Waals surface area (Å²) < 4.78 is 0. The second-order valence-corrected chi connectivity index (χ2v) is 10.1. The molecule has 0 aromatic rings. The first-order valence-electron chi connectivity index (χ1n) is 7.63. The van der Waals surface area contributed by atoms with E-state index in [0.29, 0.717) is 5.92 Å². The van der Waals surface area contributed by atoms with Crippen molar-refractivity contribution in [1.82, 2.24) is 0 Å². The molecule has 0 aromatic heterocycles. The predicted octanol–water partition coefficient (Wildman–Crippen LogP) is -1.43. The van der Waals surface area contributed by atoms with E-state index in [1.54, 1.807) is 0 Å². The molecule has 0 saturated heterocycles. The van der Waals surface area contributed by atoms with E-state index in [-0.39, 0.29) is 13.5 Å². The van der Waals surface area contributed by atoms with E-state index in [1.165, 1.54) is 0 Å². The van der Waals surface area contributed by atoms with Gasteiger partial charge in [0.05, 0.1) is 24.6 Å². The van der Waals surface area contributed by atoms with Gasteiger partial charge in [-0.15, -0.1) is 0 Å². The number of carboxylic acids is 4. The molecule has 29 heavy (non-hydrogen) atoms. The minimum absolute atomic E-state index is 0. The van der Waals surface area contributed by atoms with Crippen molar-refractivity contribution < 1.29 is 70.1 Å². The van der Waals surface area contributed by atoms with E-state index in [2.05, 4.69) is 13.8 Å². The average Bonchev–Trinajstić information content (AvgIpc) is 2.46. The zero-order valence-electron chi connectivity index (χ0n) is 15.6. The van der Waals surface area contributed by atoms with Crippen LogP contribution < -0.4 is 10.2 Å². The zero-order chi connectivity index (χ0) is 23.4. The monoisotopic (exact) mass is 518 g/mol. The molecule has 0 bridgehead atoms. The fraction of sp³-hybridized carbons (Fsp3) is 0.733. The van der Waals surface area contributed by atoms with Crippen LogP contribution in [0.2, 0.25) is 0 Å². The van der Waals surface area contributed by atoms with Crippen LogP contribution in [-0.4, -0.2) is 67.7 Å². The van der Waals surface area contributed by atoms with Crippen molar-refractivity contribution in [2.75, 3.05) is 0 Å². The number of rotatable bonds is 8. The number of hydrogen-bond acceptors (Lipinski definition) is 9. The summed E-state index contributed by atoms with van der Waals surface area (Å²) in [5.74, 6) is -5.65. The van der Waals surface area contributed by atoms with E-state index < -0.39 is 64.1 Å². The fourth-order valence-electron chi connectivity index (χ4n) is 1.18. The van der Waals surface area contributed by atoms with Crippen LogP contribution in [0.5, 0.6) is 0 Å².